The van der Waals surface area contributed by atoms with Crippen LogP contribution in [0.2, 0.25) is 0 Å². The summed E-state index contributed by atoms with van der Waals surface area (Å²) in [6.45, 7) is 4.98. The van der Waals surface area contributed by atoms with Crippen LogP contribution in [0.15, 0.2) is 5.57 Å². The van der Waals surface area contributed by atoms with Gasteiger partial charge < -0.3 is 4.42 Å². The second kappa shape index (κ2) is 2.06. The van der Waals surface area contributed by atoms with E-state index in [1.165, 1.54) is 11.5 Å². The average Bonchev–Trinajstić information content (AvgIpc) is 2.12. The van der Waals surface area contributed by atoms with Crippen molar-refractivity contribution >= 4 is 5.94 Å². The van der Waals surface area contributed by atoms with Crippen LogP contribution in [0.25, 0.3) is 0 Å². The molecule has 0 aromatic carbocycles. The van der Waals surface area contributed by atoms with Crippen molar-refractivity contribution < 1.29 is 4.42 Å². The van der Waals surface area contributed by atoms with Gasteiger partial charge in [-0.25, -0.2) is 5.92 Å². The summed E-state index contributed by atoms with van der Waals surface area (Å²) in [6, 6.07) is 0. The SMILES string of the molecule is C[C-](C)C1=C=[O+]CC1. The van der Waals surface area contributed by atoms with Gasteiger partial charge in [-0.3, -0.25) is 0 Å². The minimum absolute atomic E-state index is 0.820. The highest BCUT2D eigenvalue weighted by Gasteiger charge is 2.02. The molecule has 1 heteroatoms. The Morgan fingerprint density at radius 3 is 2.62 bits per heavy atom. The van der Waals surface area contributed by atoms with Crippen LogP contribution in [0, 0.1) is 5.92 Å². The first-order chi connectivity index (χ1) is 3.80. The number of hydrogen-bond acceptors (Lipinski definition) is 0. The highest BCUT2D eigenvalue weighted by molar-refractivity contribution is 5.59. The van der Waals surface area contributed by atoms with Crippen molar-refractivity contribution in [1.29, 1.82) is 0 Å². The Morgan fingerprint density at radius 2 is 2.38 bits per heavy atom. The van der Waals surface area contributed by atoms with E-state index >= 15 is 0 Å². The Kier molecular flexibility index (Phi) is 1.40. The highest BCUT2D eigenvalue weighted by atomic mass is 16.4. The van der Waals surface area contributed by atoms with Crippen molar-refractivity contribution in [3.05, 3.63) is 11.5 Å². The van der Waals surface area contributed by atoms with Gasteiger partial charge in [-0.15, -0.1) is 13.8 Å². The number of rotatable bonds is 1. The molecule has 0 amide bonds. The van der Waals surface area contributed by atoms with Gasteiger partial charge in [0.05, 0.1) is 0 Å². The van der Waals surface area contributed by atoms with Crippen LogP contribution in [0.3, 0.4) is 0 Å². The molecule has 0 saturated carbocycles. The second-order valence-corrected chi connectivity index (χ2v) is 2.18. The lowest BCUT2D eigenvalue weighted by atomic mass is 10.0. The van der Waals surface area contributed by atoms with Crippen molar-refractivity contribution in [1.82, 2.24) is 0 Å². The molecule has 0 unspecified atom stereocenters. The maximum atomic E-state index is 4.91. The number of carbonyl (C=O) groups excluding carboxylic acids is 1. The minimum atomic E-state index is 0.820. The normalized spacial score (nSPS) is 16.5. The fourth-order valence-corrected chi connectivity index (χ4v) is 0.694. The third kappa shape index (κ3) is 0.932. The monoisotopic (exact) mass is 110 g/mol. The zero-order valence-corrected chi connectivity index (χ0v) is 5.32. The lowest BCUT2D eigenvalue weighted by Gasteiger charge is -2.07. The third-order valence-corrected chi connectivity index (χ3v) is 1.25. The molecule has 0 N–H and O–H groups in total. The van der Waals surface area contributed by atoms with E-state index in [-0.39, 0.29) is 0 Å². The topological polar surface area (TPSA) is 11.3 Å². The zero-order valence-electron chi connectivity index (χ0n) is 5.32. The van der Waals surface area contributed by atoms with Gasteiger partial charge in [0.25, 0.3) is 6.61 Å². The van der Waals surface area contributed by atoms with Gasteiger partial charge in [0.1, 0.15) is 5.94 Å². The fraction of sp³-hybridized carbons (Fsp3) is 0.571. The molecular weight excluding hydrogens is 100 g/mol. The molecule has 0 spiro atoms. The standard InChI is InChI=1S/C7H10O/c1-6(2)7-3-4-8-5-7/h3-4H2,1-2H3. The zero-order chi connectivity index (χ0) is 5.98. The first-order valence-electron chi connectivity index (χ1n) is 2.85. The Labute approximate surface area is 49.7 Å². The summed E-state index contributed by atoms with van der Waals surface area (Å²) >= 11 is 0. The van der Waals surface area contributed by atoms with Gasteiger partial charge in [-0.1, -0.05) is 5.57 Å². The van der Waals surface area contributed by atoms with E-state index in [4.69, 9.17) is 4.42 Å². The van der Waals surface area contributed by atoms with Crippen LogP contribution >= 0.6 is 0 Å². The van der Waals surface area contributed by atoms with Gasteiger partial charge >= 0.3 is 0 Å². The fourth-order valence-electron chi connectivity index (χ4n) is 0.694. The Hall–Kier alpha value is -0.680. The molecule has 0 aromatic heterocycles. The molecule has 0 atom stereocenters. The molecule has 44 valence electrons. The molecule has 0 saturated heterocycles. The molecule has 0 radical (unpaired) electrons. The average molecular weight is 110 g/mol. The largest absolute Gasteiger partial charge is 0.306 e. The summed E-state index contributed by atoms with van der Waals surface area (Å²) in [5.41, 5.74) is 1.24. The summed E-state index contributed by atoms with van der Waals surface area (Å²) in [7, 11) is 0. The Bertz CT molecular complexity index is 138. The molecule has 1 rings (SSSR count). The summed E-state index contributed by atoms with van der Waals surface area (Å²) in [5, 5.41) is 0. The van der Waals surface area contributed by atoms with Crippen molar-refractivity contribution in [2.45, 2.75) is 20.3 Å². The van der Waals surface area contributed by atoms with Gasteiger partial charge in [0, 0.05) is 6.42 Å². The predicted octanol–water partition coefficient (Wildman–Crippen LogP) is 1.30. The van der Waals surface area contributed by atoms with Gasteiger partial charge in [-0.2, -0.15) is 0 Å². The minimum Gasteiger partial charge on any atom is -0.306 e. The molecular formula is C7H10O. The summed E-state index contributed by atoms with van der Waals surface area (Å²) in [6.07, 6.45) is 1.04. The van der Waals surface area contributed by atoms with Crippen molar-refractivity contribution in [2.24, 2.45) is 0 Å². The third-order valence-electron chi connectivity index (χ3n) is 1.25. The van der Waals surface area contributed by atoms with Gasteiger partial charge in [-0.05, 0) is 0 Å². The highest BCUT2D eigenvalue weighted by Crippen LogP contribution is 2.13. The van der Waals surface area contributed by atoms with Gasteiger partial charge in [0.15, 0.2) is 0 Å². The number of hydrogen-bond donors (Lipinski definition) is 0. The van der Waals surface area contributed by atoms with E-state index in [9.17, 15) is 0 Å². The van der Waals surface area contributed by atoms with Crippen LogP contribution in [0.5, 0.6) is 0 Å². The van der Waals surface area contributed by atoms with E-state index in [0.29, 0.717) is 0 Å². The predicted molar refractivity (Wildman–Crippen MR) is 33.3 cm³/mol. The summed E-state index contributed by atoms with van der Waals surface area (Å²) < 4.78 is 4.91. The lowest BCUT2D eigenvalue weighted by molar-refractivity contribution is 0.128. The molecule has 1 nitrogen and oxygen atoms in total. The molecule has 1 aliphatic heterocycles. The van der Waals surface area contributed by atoms with Crippen LogP contribution < -0.4 is 0 Å². The van der Waals surface area contributed by atoms with E-state index in [0.717, 1.165) is 13.0 Å². The molecule has 1 heterocycles. The second-order valence-electron chi connectivity index (χ2n) is 2.18. The lowest BCUT2D eigenvalue weighted by Crippen LogP contribution is -1.89. The van der Waals surface area contributed by atoms with Crippen LogP contribution in [0.4, 0.5) is 0 Å². The molecule has 0 aliphatic carbocycles. The van der Waals surface area contributed by atoms with E-state index < -0.39 is 0 Å². The quantitative estimate of drug-likeness (QED) is 0.274. The maximum Gasteiger partial charge on any atom is 0.252 e. The summed E-state index contributed by atoms with van der Waals surface area (Å²) in [5.74, 6) is 4.16. The molecule has 8 heavy (non-hydrogen) atoms. The Morgan fingerprint density at radius 1 is 1.62 bits per heavy atom. The van der Waals surface area contributed by atoms with E-state index in [1.807, 2.05) is 0 Å². The van der Waals surface area contributed by atoms with E-state index in [1.54, 1.807) is 0 Å². The first-order valence-corrected chi connectivity index (χ1v) is 2.85. The van der Waals surface area contributed by atoms with Crippen molar-refractivity contribution in [3.63, 3.8) is 0 Å². The summed E-state index contributed by atoms with van der Waals surface area (Å²) in [4.78, 5) is 0. The molecule has 0 aromatic rings. The Balaban J connectivity index is 2.60. The van der Waals surface area contributed by atoms with Crippen molar-refractivity contribution in [3.8, 4) is 0 Å². The smallest absolute Gasteiger partial charge is 0.252 e. The maximum absolute atomic E-state index is 4.91. The molecule has 0 fully saturated rings. The van der Waals surface area contributed by atoms with E-state index in [2.05, 4.69) is 19.8 Å². The van der Waals surface area contributed by atoms with Crippen LogP contribution in [0.1, 0.15) is 20.3 Å². The first kappa shape index (κ1) is 5.46. The molecule has 1 aliphatic rings. The molecule has 0 bridgehead atoms. The van der Waals surface area contributed by atoms with Crippen LogP contribution in [-0.2, 0) is 4.42 Å². The van der Waals surface area contributed by atoms with Gasteiger partial charge in [0.2, 0.25) is 0 Å². The van der Waals surface area contributed by atoms with Crippen LogP contribution in [-0.4, -0.2) is 12.5 Å². The van der Waals surface area contributed by atoms with Crippen molar-refractivity contribution in [2.75, 3.05) is 6.61 Å².